The molecule has 0 saturated heterocycles. The molecular weight excluding hydrogens is 520 g/mol. The van der Waals surface area contributed by atoms with Crippen molar-refractivity contribution in [3.05, 3.63) is 90.0 Å². The second-order valence-electron chi connectivity index (χ2n) is 8.00. The Kier molecular flexibility index (Phi) is 8.77. The average molecular weight is 543 g/mol. The molecule has 0 atom stereocenters. The molecule has 12 heteroatoms. The molecule has 0 aliphatic heterocycles. The van der Waals surface area contributed by atoms with Crippen molar-refractivity contribution in [2.24, 2.45) is 0 Å². The van der Waals surface area contributed by atoms with Gasteiger partial charge in [-0.2, -0.15) is 0 Å². The highest BCUT2D eigenvalue weighted by molar-refractivity contribution is 5.90. The number of nitrogens with zero attached hydrogens (tertiary/aromatic N) is 1. The summed E-state index contributed by atoms with van der Waals surface area (Å²) in [5.74, 6) is -1.19. The third-order valence-corrected chi connectivity index (χ3v) is 5.42. The van der Waals surface area contributed by atoms with Crippen molar-refractivity contribution in [2.75, 3.05) is 25.2 Å². The molecule has 0 bridgehead atoms. The molecule has 1 amide bonds. The van der Waals surface area contributed by atoms with E-state index in [1.807, 2.05) is 0 Å². The Labute approximate surface area is 214 Å². The Morgan fingerprint density at radius 3 is 1.68 bits per heavy atom. The van der Waals surface area contributed by atoms with Gasteiger partial charge in [0.25, 0.3) is 0 Å². The molecule has 0 saturated carbocycles. The van der Waals surface area contributed by atoms with E-state index in [1.165, 1.54) is 38.3 Å². The molecule has 3 aromatic rings. The topological polar surface area (TPSA) is 57.2 Å². The smallest absolute Gasteiger partial charge is 0.447 e. The minimum absolute atomic E-state index is 0.0505. The summed E-state index contributed by atoms with van der Waals surface area (Å²) in [6, 6.07) is 17.6. The number of hydrogen-bond acceptors (Lipinski definition) is 5. The summed E-state index contributed by atoms with van der Waals surface area (Å²) < 4.78 is 96.3. The van der Waals surface area contributed by atoms with Crippen LogP contribution in [0.2, 0.25) is 0 Å². The van der Waals surface area contributed by atoms with Crippen LogP contribution in [-0.4, -0.2) is 39.1 Å². The number of ether oxygens (including phenoxy) is 4. The number of carbonyl (C=O) groups is 1. The molecule has 0 aromatic heterocycles. The van der Waals surface area contributed by atoms with Crippen molar-refractivity contribution in [1.82, 2.24) is 0 Å². The minimum Gasteiger partial charge on any atom is -0.447 e. The highest BCUT2D eigenvalue weighted by atomic mass is 19.4. The molecule has 38 heavy (non-hydrogen) atoms. The maximum atomic E-state index is 13.5. The molecule has 0 aliphatic carbocycles. The van der Waals surface area contributed by atoms with Crippen LogP contribution in [0.4, 0.5) is 36.8 Å². The Morgan fingerprint density at radius 2 is 1.24 bits per heavy atom. The van der Waals surface area contributed by atoms with Crippen molar-refractivity contribution in [1.29, 1.82) is 0 Å². The summed E-state index contributed by atoms with van der Waals surface area (Å²) in [5, 5.41) is 0. The quantitative estimate of drug-likeness (QED) is 0.214. The fourth-order valence-electron chi connectivity index (χ4n) is 3.82. The standard InChI is InChI=1S/C26H23F6NO5/c1-24(18-8-6-12-21(16-18)37-25(27,28)29,19-9-7-13-22(17-19)38-26(30,31)32)33(20-10-4-3-5-11-20)23(34)36-15-14-35-2/h3-13,16-17H,14-15H2,1-2H3. The van der Waals surface area contributed by atoms with E-state index in [1.54, 1.807) is 30.3 Å². The molecular formula is C26H23F6NO5. The molecule has 6 nitrogen and oxygen atoms in total. The first-order chi connectivity index (χ1) is 17.8. The zero-order chi connectivity index (χ0) is 28.0. The summed E-state index contributed by atoms with van der Waals surface area (Å²) in [6.45, 7) is 1.34. The van der Waals surface area contributed by atoms with E-state index in [-0.39, 0.29) is 30.0 Å². The lowest BCUT2D eigenvalue weighted by Gasteiger charge is -2.41. The summed E-state index contributed by atoms with van der Waals surface area (Å²) in [4.78, 5) is 14.6. The van der Waals surface area contributed by atoms with Gasteiger partial charge >= 0.3 is 18.8 Å². The molecule has 0 heterocycles. The number of alkyl halides is 6. The number of benzene rings is 3. The first-order valence-electron chi connectivity index (χ1n) is 11.1. The van der Waals surface area contributed by atoms with Crippen molar-refractivity contribution in [2.45, 2.75) is 25.2 Å². The largest absolute Gasteiger partial charge is 0.573 e. The van der Waals surface area contributed by atoms with Crippen LogP contribution in [0.25, 0.3) is 0 Å². The first kappa shape index (κ1) is 28.6. The second-order valence-corrected chi connectivity index (χ2v) is 8.00. The lowest BCUT2D eigenvalue weighted by atomic mass is 9.82. The van der Waals surface area contributed by atoms with Crippen molar-refractivity contribution < 1.29 is 50.1 Å². The van der Waals surface area contributed by atoms with Crippen LogP contribution >= 0.6 is 0 Å². The van der Waals surface area contributed by atoms with Gasteiger partial charge in [-0.1, -0.05) is 42.5 Å². The second kappa shape index (κ2) is 11.6. The summed E-state index contributed by atoms with van der Waals surface area (Å²) in [6.07, 6.45) is -10.9. The number of anilines is 1. The SMILES string of the molecule is COCCOC(=O)N(c1ccccc1)C(C)(c1cccc(OC(F)(F)F)c1)c1cccc(OC(F)(F)F)c1. The zero-order valence-electron chi connectivity index (χ0n) is 20.2. The average Bonchev–Trinajstić information content (AvgIpc) is 2.83. The first-order valence-corrected chi connectivity index (χ1v) is 11.1. The Hall–Kier alpha value is -3.93. The fourth-order valence-corrected chi connectivity index (χ4v) is 3.82. The number of para-hydroxylation sites is 1. The van der Waals surface area contributed by atoms with Crippen LogP contribution in [-0.2, 0) is 15.0 Å². The van der Waals surface area contributed by atoms with Gasteiger partial charge in [0.2, 0.25) is 0 Å². The summed E-state index contributed by atoms with van der Waals surface area (Å²) in [7, 11) is 1.39. The molecule has 0 fully saturated rings. The minimum atomic E-state index is -5.01. The van der Waals surface area contributed by atoms with Gasteiger partial charge in [-0.05, 0) is 54.4 Å². The normalized spacial score (nSPS) is 12.1. The molecule has 0 unspecified atom stereocenters. The number of carbonyl (C=O) groups excluding carboxylic acids is 1. The van der Waals surface area contributed by atoms with Gasteiger partial charge in [-0.25, -0.2) is 4.79 Å². The molecule has 0 spiro atoms. The number of hydrogen-bond donors (Lipinski definition) is 0. The zero-order valence-corrected chi connectivity index (χ0v) is 20.2. The maximum Gasteiger partial charge on any atom is 0.573 e. The van der Waals surface area contributed by atoms with Gasteiger partial charge in [-0.3, -0.25) is 4.90 Å². The predicted molar refractivity (Wildman–Crippen MR) is 125 cm³/mol. The molecule has 0 aliphatic rings. The van der Waals surface area contributed by atoms with Crippen LogP contribution in [0.5, 0.6) is 11.5 Å². The van der Waals surface area contributed by atoms with Crippen LogP contribution in [0, 0.1) is 0 Å². The van der Waals surface area contributed by atoms with Crippen molar-refractivity contribution >= 4 is 11.8 Å². The van der Waals surface area contributed by atoms with E-state index in [0.717, 1.165) is 29.2 Å². The lowest BCUT2D eigenvalue weighted by Crippen LogP contribution is -2.49. The highest BCUT2D eigenvalue weighted by Gasteiger charge is 2.42. The fraction of sp³-hybridized carbons (Fsp3) is 0.269. The van der Waals surface area contributed by atoms with E-state index in [0.29, 0.717) is 0 Å². The van der Waals surface area contributed by atoms with E-state index in [4.69, 9.17) is 9.47 Å². The number of rotatable bonds is 9. The van der Waals surface area contributed by atoms with Crippen LogP contribution in [0.3, 0.4) is 0 Å². The van der Waals surface area contributed by atoms with Gasteiger partial charge in [0.05, 0.1) is 12.1 Å². The highest BCUT2D eigenvalue weighted by Crippen LogP contribution is 2.42. The number of methoxy groups -OCH3 is 1. The number of amides is 1. The van der Waals surface area contributed by atoms with E-state index >= 15 is 0 Å². The van der Waals surface area contributed by atoms with Gasteiger partial charge in [0, 0.05) is 12.8 Å². The van der Waals surface area contributed by atoms with Gasteiger partial charge in [0.1, 0.15) is 18.1 Å². The Bertz CT molecular complexity index is 1160. The molecule has 204 valence electrons. The summed E-state index contributed by atoms with van der Waals surface area (Å²) >= 11 is 0. The third kappa shape index (κ3) is 7.31. The predicted octanol–water partition coefficient (Wildman–Crippen LogP) is 7.04. The van der Waals surface area contributed by atoms with Crippen LogP contribution in [0.15, 0.2) is 78.9 Å². The third-order valence-electron chi connectivity index (χ3n) is 5.42. The molecule has 3 rings (SSSR count). The van der Waals surface area contributed by atoms with E-state index in [2.05, 4.69) is 9.47 Å². The number of halogens is 6. The molecule has 0 N–H and O–H groups in total. The van der Waals surface area contributed by atoms with Gasteiger partial charge < -0.3 is 18.9 Å². The van der Waals surface area contributed by atoms with Crippen LogP contribution in [0.1, 0.15) is 18.1 Å². The van der Waals surface area contributed by atoms with E-state index in [9.17, 15) is 31.1 Å². The monoisotopic (exact) mass is 543 g/mol. The summed E-state index contributed by atoms with van der Waals surface area (Å²) in [5.41, 5.74) is -1.31. The maximum absolute atomic E-state index is 13.5. The van der Waals surface area contributed by atoms with Gasteiger partial charge in [-0.15, -0.1) is 26.3 Å². The lowest BCUT2D eigenvalue weighted by molar-refractivity contribution is -0.275. The van der Waals surface area contributed by atoms with Gasteiger partial charge in [0.15, 0.2) is 0 Å². The molecule has 3 aromatic carbocycles. The van der Waals surface area contributed by atoms with Crippen LogP contribution < -0.4 is 14.4 Å². The van der Waals surface area contributed by atoms with Crippen molar-refractivity contribution in [3.63, 3.8) is 0 Å². The Morgan fingerprint density at radius 1 is 0.737 bits per heavy atom. The Balaban J connectivity index is 2.26. The van der Waals surface area contributed by atoms with Crippen molar-refractivity contribution in [3.8, 4) is 11.5 Å². The van der Waals surface area contributed by atoms with E-state index < -0.39 is 35.9 Å². The molecule has 0 radical (unpaired) electrons.